The van der Waals surface area contributed by atoms with E-state index in [2.05, 4.69) is 16.2 Å². The number of nitriles is 1. The molecule has 1 saturated heterocycles. The van der Waals surface area contributed by atoms with E-state index in [1.807, 2.05) is 32.6 Å². The number of hydrogen-bond acceptors (Lipinski definition) is 5. The van der Waals surface area contributed by atoms with E-state index >= 15 is 0 Å². The molecule has 3 aromatic rings. The molecular formula is C25H27F5N4O. The summed E-state index contributed by atoms with van der Waals surface area (Å²) in [5, 5.41) is 13.2. The van der Waals surface area contributed by atoms with E-state index in [0.29, 0.717) is 54.9 Å². The second-order valence-electron chi connectivity index (χ2n) is 7.12. The highest BCUT2D eigenvalue weighted by molar-refractivity contribution is 5.69. The van der Waals surface area contributed by atoms with E-state index in [-0.39, 0.29) is 17.3 Å². The molecule has 0 atom stereocenters. The molecule has 2 heterocycles. The van der Waals surface area contributed by atoms with Gasteiger partial charge in [0.15, 0.2) is 0 Å². The van der Waals surface area contributed by atoms with Crippen LogP contribution in [0.15, 0.2) is 40.9 Å². The van der Waals surface area contributed by atoms with Crippen molar-refractivity contribution in [1.82, 2.24) is 10.1 Å². The smallest absolute Gasteiger partial charge is 0.370 e. The lowest BCUT2D eigenvalue weighted by Gasteiger charge is -2.31. The summed E-state index contributed by atoms with van der Waals surface area (Å²) < 4.78 is 70.9. The van der Waals surface area contributed by atoms with Crippen LogP contribution >= 0.6 is 0 Å². The van der Waals surface area contributed by atoms with E-state index < -0.39 is 23.7 Å². The van der Waals surface area contributed by atoms with Crippen molar-refractivity contribution < 1.29 is 26.5 Å². The highest BCUT2D eigenvalue weighted by Crippen LogP contribution is 2.34. The molecule has 0 amide bonds. The van der Waals surface area contributed by atoms with Crippen LogP contribution in [0, 0.1) is 17.1 Å². The van der Waals surface area contributed by atoms with Gasteiger partial charge in [-0.15, -0.1) is 0 Å². The van der Waals surface area contributed by atoms with Gasteiger partial charge >= 0.3 is 6.18 Å². The fourth-order valence-electron chi connectivity index (χ4n) is 3.46. The zero-order valence-electron chi connectivity index (χ0n) is 20.0. The Balaban J connectivity index is 0.00000103. The molecule has 0 N–H and O–H groups in total. The molecule has 0 radical (unpaired) electrons. The van der Waals surface area contributed by atoms with E-state index in [1.54, 1.807) is 12.1 Å². The monoisotopic (exact) mass is 494 g/mol. The lowest BCUT2D eigenvalue weighted by Crippen LogP contribution is -2.34. The number of aromatic nitrogens is 2. The summed E-state index contributed by atoms with van der Waals surface area (Å²) in [7, 11) is 0. The number of alkyl halides is 4. The average molecular weight is 495 g/mol. The predicted molar refractivity (Wildman–Crippen MR) is 124 cm³/mol. The first-order valence-electron chi connectivity index (χ1n) is 11.4. The normalized spacial score (nSPS) is 13.8. The summed E-state index contributed by atoms with van der Waals surface area (Å²) in [5.74, 6) is -1.54. The van der Waals surface area contributed by atoms with Gasteiger partial charge in [0.05, 0.1) is 16.8 Å². The molecule has 1 aromatic heterocycles. The molecule has 0 saturated carbocycles. The number of halogens is 5. The number of hydrogen-bond donors (Lipinski definition) is 0. The van der Waals surface area contributed by atoms with Crippen LogP contribution < -0.4 is 4.90 Å². The highest BCUT2D eigenvalue weighted by atomic mass is 19.4. The third kappa shape index (κ3) is 6.56. The van der Waals surface area contributed by atoms with Gasteiger partial charge in [0.25, 0.3) is 5.89 Å². The molecule has 0 bridgehead atoms. The van der Waals surface area contributed by atoms with Gasteiger partial charge < -0.3 is 9.42 Å². The summed E-state index contributed by atoms with van der Waals surface area (Å²) in [6, 6.07) is 9.38. The van der Waals surface area contributed by atoms with Crippen molar-refractivity contribution in [2.75, 3.05) is 18.0 Å². The van der Waals surface area contributed by atoms with Gasteiger partial charge in [0, 0.05) is 24.2 Å². The number of piperidine rings is 1. The Kier molecular flexibility index (Phi) is 9.75. The lowest BCUT2D eigenvalue weighted by atomic mass is 10.0. The Morgan fingerprint density at radius 1 is 1.00 bits per heavy atom. The standard InChI is InChI=1S/C21H15F5N4O.2C2H6/c22-15-5-7-30(8-6-15)18-4-2-13(9-14(18)11-27)20-28-19(29-31-20)12-1-3-17(23)16(10-12)21(24,25)26;2*1-2/h1-4,9-10,15H,5-8H2;2*1-2H3. The van der Waals surface area contributed by atoms with Gasteiger partial charge in [-0.1, -0.05) is 32.9 Å². The zero-order chi connectivity index (χ0) is 26.2. The summed E-state index contributed by atoms with van der Waals surface area (Å²) in [6.07, 6.45) is -4.93. The first-order valence-corrected chi connectivity index (χ1v) is 11.4. The van der Waals surface area contributed by atoms with Crippen LogP contribution in [0.25, 0.3) is 22.8 Å². The first kappa shape index (κ1) is 27.8. The number of benzene rings is 2. The van der Waals surface area contributed by atoms with E-state index in [9.17, 15) is 27.2 Å². The van der Waals surface area contributed by atoms with Gasteiger partial charge in [-0.05, 0) is 49.2 Å². The fourth-order valence-corrected chi connectivity index (χ4v) is 3.46. The second-order valence-corrected chi connectivity index (χ2v) is 7.12. The molecule has 35 heavy (non-hydrogen) atoms. The number of nitrogens with zero attached hydrogens (tertiary/aromatic N) is 4. The molecule has 0 unspecified atom stereocenters. The van der Waals surface area contributed by atoms with Gasteiger partial charge in [0.2, 0.25) is 5.82 Å². The van der Waals surface area contributed by atoms with Crippen molar-refractivity contribution in [3.8, 4) is 28.9 Å². The maximum absolute atomic E-state index is 13.5. The van der Waals surface area contributed by atoms with Gasteiger partial charge in [-0.3, -0.25) is 0 Å². The largest absolute Gasteiger partial charge is 0.419 e. The third-order valence-electron chi connectivity index (χ3n) is 5.09. The molecule has 1 aliphatic rings. The Bertz CT molecular complexity index is 1150. The Morgan fingerprint density at radius 2 is 1.63 bits per heavy atom. The summed E-state index contributed by atoms with van der Waals surface area (Å²) in [4.78, 5) is 6.02. The number of anilines is 1. The molecule has 1 fully saturated rings. The second kappa shape index (κ2) is 12.3. The SMILES string of the molecule is CC.CC.N#Cc1cc(-c2nc(-c3ccc(F)c(C(F)(F)F)c3)no2)ccc1N1CCC(F)CC1. The van der Waals surface area contributed by atoms with Crippen LogP contribution in [0.3, 0.4) is 0 Å². The van der Waals surface area contributed by atoms with Gasteiger partial charge in [-0.2, -0.15) is 23.4 Å². The van der Waals surface area contributed by atoms with Crippen molar-refractivity contribution in [3.63, 3.8) is 0 Å². The fraction of sp³-hybridized carbons (Fsp3) is 0.400. The Labute approximate surface area is 201 Å². The van der Waals surface area contributed by atoms with Crippen molar-refractivity contribution in [2.45, 2.75) is 52.9 Å². The maximum atomic E-state index is 13.5. The summed E-state index contributed by atoms with van der Waals surface area (Å²) >= 11 is 0. The summed E-state index contributed by atoms with van der Waals surface area (Å²) in [6.45, 7) is 8.98. The number of rotatable bonds is 3. The molecular weight excluding hydrogens is 467 g/mol. The van der Waals surface area contributed by atoms with E-state index in [4.69, 9.17) is 4.52 Å². The zero-order valence-corrected chi connectivity index (χ0v) is 20.0. The summed E-state index contributed by atoms with van der Waals surface area (Å²) in [5.41, 5.74) is -0.0982. The molecule has 10 heteroatoms. The molecule has 2 aromatic carbocycles. The first-order chi connectivity index (χ1) is 16.8. The molecule has 1 aliphatic heterocycles. The van der Waals surface area contributed by atoms with Gasteiger partial charge in [-0.25, -0.2) is 8.78 Å². The van der Waals surface area contributed by atoms with Crippen LogP contribution in [-0.4, -0.2) is 29.4 Å². The molecule has 0 aliphatic carbocycles. The van der Waals surface area contributed by atoms with Crippen LogP contribution in [0.2, 0.25) is 0 Å². The Hall–Kier alpha value is -3.48. The third-order valence-corrected chi connectivity index (χ3v) is 5.09. The maximum Gasteiger partial charge on any atom is 0.419 e. The van der Waals surface area contributed by atoms with Crippen molar-refractivity contribution in [1.29, 1.82) is 5.26 Å². The average Bonchev–Trinajstić information content (AvgIpc) is 3.37. The minimum absolute atomic E-state index is 0.00148. The quantitative estimate of drug-likeness (QED) is 0.355. The van der Waals surface area contributed by atoms with Crippen LogP contribution in [0.4, 0.5) is 27.6 Å². The lowest BCUT2D eigenvalue weighted by molar-refractivity contribution is -0.139. The predicted octanol–water partition coefficient (Wildman–Crippen LogP) is 7.42. The molecule has 4 rings (SSSR count). The Morgan fingerprint density at radius 3 is 2.23 bits per heavy atom. The van der Waals surface area contributed by atoms with E-state index in [0.717, 1.165) is 6.07 Å². The van der Waals surface area contributed by atoms with E-state index in [1.165, 1.54) is 6.07 Å². The molecule has 188 valence electrons. The van der Waals surface area contributed by atoms with Crippen LogP contribution in [0.1, 0.15) is 51.7 Å². The van der Waals surface area contributed by atoms with Crippen molar-refractivity contribution >= 4 is 5.69 Å². The van der Waals surface area contributed by atoms with Crippen LogP contribution in [0.5, 0.6) is 0 Å². The topological polar surface area (TPSA) is 66.0 Å². The van der Waals surface area contributed by atoms with Crippen LogP contribution in [-0.2, 0) is 6.18 Å². The minimum Gasteiger partial charge on any atom is -0.370 e. The minimum atomic E-state index is -4.86. The highest BCUT2D eigenvalue weighted by Gasteiger charge is 2.34. The molecule has 5 nitrogen and oxygen atoms in total. The van der Waals surface area contributed by atoms with Crippen molar-refractivity contribution in [2.24, 2.45) is 0 Å². The molecule has 0 spiro atoms. The van der Waals surface area contributed by atoms with Gasteiger partial charge in [0.1, 0.15) is 18.1 Å². The van der Waals surface area contributed by atoms with Crippen molar-refractivity contribution in [3.05, 3.63) is 53.3 Å².